The van der Waals surface area contributed by atoms with Crippen molar-refractivity contribution in [2.24, 2.45) is 4.99 Å². The van der Waals surface area contributed by atoms with E-state index in [1.54, 1.807) is 24.3 Å². The minimum absolute atomic E-state index is 0.129. The molecule has 0 unspecified atom stereocenters. The van der Waals surface area contributed by atoms with Gasteiger partial charge >= 0.3 is 0 Å². The van der Waals surface area contributed by atoms with Crippen molar-refractivity contribution < 1.29 is 14.8 Å². The molecule has 0 radical (unpaired) electrons. The van der Waals surface area contributed by atoms with Crippen molar-refractivity contribution in [3.63, 3.8) is 0 Å². The van der Waals surface area contributed by atoms with E-state index in [4.69, 9.17) is 12.2 Å². The highest BCUT2D eigenvalue weighted by molar-refractivity contribution is 9.10. The smallest absolute Gasteiger partial charge is 0.279 e. The monoisotopic (exact) mass is 461 g/mol. The lowest BCUT2D eigenvalue weighted by Gasteiger charge is -2.05. The second-order valence-corrected chi connectivity index (χ2v) is 8.15. The van der Waals surface area contributed by atoms with Crippen molar-refractivity contribution in [3.05, 3.63) is 76.5 Å². The average molecular weight is 462 g/mol. The second kappa shape index (κ2) is 6.48. The van der Waals surface area contributed by atoms with Gasteiger partial charge in [-0.3, -0.25) is 19.5 Å². The second-order valence-electron chi connectivity index (χ2n) is 5.59. The Kier molecular flexibility index (Phi) is 4.25. The molecule has 27 heavy (non-hydrogen) atoms. The van der Waals surface area contributed by atoms with Gasteiger partial charge in [0.2, 0.25) is 5.88 Å². The van der Waals surface area contributed by atoms with Crippen molar-refractivity contribution in [3.8, 4) is 11.6 Å². The summed E-state index contributed by atoms with van der Waals surface area (Å²) in [7, 11) is 0. The molecule has 1 aliphatic heterocycles. The van der Waals surface area contributed by atoms with Crippen LogP contribution in [0.15, 0.2) is 51.9 Å². The number of hydrogen-bond donors (Lipinski definition) is 1. The Morgan fingerprint density at radius 2 is 2.04 bits per heavy atom. The summed E-state index contributed by atoms with van der Waals surface area (Å²) < 4.78 is 2.33. The summed E-state index contributed by atoms with van der Waals surface area (Å²) in [5.41, 5.74) is 0.464. The van der Waals surface area contributed by atoms with Gasteiger partial charge in [-0.1, -0.05) is 22.0 Å². The molecule has 1 amide bonds. The topological polar surface area (TPSA) is 97.7 Å². The van der Waals surface area contributed by atoms with Crippen LogP contribution in [0.1, 0.15) is 4.88 Å². The Bertz CT molecular complexity index is 1330. The molecule has 0 spiro atoms. The van der Waals surface area contributed by atoms with Crippen LogP contribution in [0.4, 0.5) is 5.69 Å². The fourth-order valence-electron chi connectivity index (χ4n) is 2.81. The molecule has 0 atom stereocenters. The summed E-state index contributed by atoms with van der Waals surface area (Å²) >= 11 is 9.75. The molecule has 134 valence electrons. The molecular weight excluding hydrogens is 454 g/mol. The normalized spacial score (nSPS) is 12.8. The zero-order valence-electron chi connectivity index (χ0n) is 13.2. The first-order valence-electron chi connectivity index (χ1n) is 7.50. The number of amides is 1. The third kappa shape index (κ3) is 2.91. The van der Waals surface area contributed by atoms with E-state index in [0.717, 1.165) is 15.8 Å². The van der Waals surface area contributed by atoms with E-state index in [2.05, 4.69) is 20.9 Å². The van der Waals surface area contributed by atoms with Crippen LogP contribution in [0.2, 0.25) is 0 Å². The molecule has 0 aliphatic carbocycles. The van der Waals surface area contributed by atoms with Gasteiger partial charge in [0.15, 0.2) is 3.95 Å². The predicted octanol–water partition coefficient (Wildman–Crippen LogP) is 3.00. The van der Waals surface area contributed by atoms with Gasteiger partial charge < -0.3 is 5.11 Å². The Labute approximate surface area is 168 Å². The fourth-order valence-corrected chi connectivity index (χ4v) is 4.55. The number of thiazole rings is 1. The molecule has 0 saturated carbocycles. The number of nitrogens with zero attached hydrogens (tertiary/aromatic N) is 3. The lowest BCUT2D eigenvalue weighted by molar-refractivity contribution is -0.384. The largest absolute Gasteiger partial charge is 0.493 e. The quantitative estimate of drug-likeness (QED) is 0.367. The number of nitro benzene ring substituents is 1. The van der Waals surface area contributed by atoms with Crippen LogP contribution >= 0.6 is 39.5 Å². The third-order valence-corrected chi connectivity index (χ3v) is 5.85. The average Bonchev–Trinajstić information content (AvgIpc) is 3.09. The van der Waals surface area contributed by atoms with Crippen molar-refractivity contribution in [1.29, 1.82) is 0 Å². The first-order chi connectivity index (χ1) is 12.9. The predicted molar refractivity (Wildman–Crippen MR) is 105 cm³/mol. The molecule has 2 heterocycles. The number of halogens is 1. The van der Waals surface area contributed by atoms with Crippen LogP contribution in [0.3, 0.4) is 0 Å². The zero-order valence-corrected chi connectivity index (χ0v) is 16.5. The van der Waals surface area contributed by atoms with Crippen molar-refractivity contribution in [2.75, 3.05) is 0 Å². The van der Waals surface area contributed by atoms with Crippen molar-refractivity contribution >= 4 is 56.7 Å². The summed E-state index contributed by atoms with van der Waals surface area (Å²) in [4.78, 5) is 27.2. The Morgan fingerprint density at radius 1 is 1.26 bits per heavy atom. The molecule has 2 aromatic carbocycles. The minimum atomic E-state index is -0.528. The molecule has 10 heteroatoms. The van der Waals surface area contributed by atoms with Crippen LogP contribution in [0, 0.1) is 14.1 Å². The molecular formula is C17H8BrN3O4S2. The number of aromatic nitrogens is 1. The standard InChI is InChI=1S/C17H8BrN3O4S2/c18-8-4-5-12-11(6-8)13(15(22)19-12)14-16(23)20(17(26)27-14)9-2-1-3-10(7-9)21(24)25/h1-7,23H. The number of carbonyl (C=O) groups excluding carboxylic acids is 1. The number of carbonyl (C=O) groups is 1. The zero-order chi connectivity index (χ0) is 19.3. The van der Waals surface area contributed by atoms with Crippen LogP contribution in [-0.4, -0.2) is 20.5 Å². The van der Waals surface area contributed by atoms with Gasteiger partial charge in [0.05, 0.1) is 21.5 Å². The lowest BCUT2D eigenvalue weighted by atomic mass is 10.1. The lowest BCUT2D eigenvalue weighted by Crippen LogP contribution is -2.22. The van der Waals surface area contributed by atoms with Gasteiger partial charge in [0, 0.05) is 21.8 Å². The number of hydrogen-bond acceptors (Lipinski definition) is 6. The molecule has 0 saturated heterocycles. The van der Waals surface area contributed by atoms with E-state index in [0.29, 0.717) is 16.3 Å². The van der Waals surface area contributed by atoms with Crippen molar-refractivity contribution in [1.82, 2.24) is 4.57 Å². The SMILES string of the molecule is O=C1N=c2ccc(Br)cc2=C1c1sc(=S)n(-c2cccc([N+](=O)[O-])c2)c1O. The maximum Gasteiger partial charge on any atom is 0.279 e. The number of benzene rings is 2. The first-order valence-corrected chi connectivity index (χ1v) is 9.51. The van der Waals surface area contributed by atoms with E-state index in [9.17, 15) is 20.0 Å². The van der Waals surface area contributed by atoms with Crippen LogP contribution in [-0.2, 0) is 4.79 Å². The van der Waals surface area contributed by atoms with Gasteiger partial charge in [0.25, 0.3) is 11.6 Å². The van der Waals surface area contributed by atoms with Crippen LogP contribution in [0.5, 0.6) is 5.88 Å². The van der Waals surface area contributed by atoms with E-state index in [-0.39, 0.29) is 26.0 Å². The molecule has 0 fully saturated rings. The number of rotatable bonds is 3. The van der Waals surface area contributed by atoms with Gasteiger partial charge in [-0.05, 0) is 36.5 Å². The molecule has 7 nitrogen and oxygen atoms in total. The molecule has 0 bridgehead atoms. The van der Waals surface area contributed by atoms with E-state index >= 15 is 0 Å². The van der Waals surface area contributed by atoms with Gasteiger partial charge in [-0.25, -0.2) is 4.99 Å². The molecule has 4 rings (SSSR count). The minimum Gasteiger partial charge on any atom is -0.493 e. The van der Waals surface area contributed by atoms with Crippen molar-refractivity contribution in [2.45, 2.75) is 0 Å². The van der Waals surface area contributed by atoms with Crippen LogP contribution in [0.25, 0.3) is 11.3 Å². The summed E-state index contributed by atoms with van der Waals surface area (Å²) in [5.74, 6) is -0.724. The van der Waals surface area contributed by atoms with E-state index < -0.39 is 10.8 Å². The van der Waals surface area contributed by atoms with Crippen LogP contribution < -0.4 is 10.6 Å². The molecule has 3 aromatic rings. The first kappa shape index (κ1) is 17.7. The molecule has 1 aromatic heterocycles. The van der Waals surface area contributed by atoms with E-state index in [1.807, 2.05) is 0 Å². The highest BCUT2D eigenvalue weighted by atomic mass is 79.9. The summed E-state index contributed by atoms with van der Waals surface area (Å²) in [6, 6.07) is 11.0. The maximum absolute atomic E-state index is 12.4. The highest BCUT2D eigenvalue weighted by Gasteiger charge is 2.26. The Balaban J connectivity index is 1.98. The van der Waals surface area contributed by atoms with Gasteiger partial charge in [0.1, 0.15) is 4.88 Å². The third-order valence-electron chi connectivity index (χ3n) is 3.98. The van der Waals surface area contributed by atoms with Gasteiger partial charge in [-0.2, -0.15) is 0 Å². The highest BCUT2D eigenvalue weighted by Crippen LogP contribution is 2.35. The number of nitro groups is 1. The fraction of sp³-hybridized carbons (Fsp3) is 0. The Morgan fingerprint density at radius 3 is 2.78 bits per heavy atom. The summed E-state index contributed by atoms with van der Waals surface area (Å²) in [6.07, 6.45) is 0. The molecule has 1 aliphatic rings. The summed E-state index contributed by atoms with van der Waals surface area (Å²) in [5, 5.41) is 22.9. The Hall–Kier alpha value is -2.69. The van der Waals surface area contributed by atoms with E-state index in [1.165, 1.54) is 22.8 Å². The number of non-ortho nitro benzene ring substituents is 1. The number of fused-ring (bicyclic) bond motifs is 1. The number of aromatic hydroxyl groups is 1. The maximum atomic E-state index is 12.4. The molecule has 1 N–H and O–H groups in total. The van der Waals surface area contributed by atoms with Gasteiger partial charge in [-0.15, -0.1) is 11.3 Å². The summed E-state index contributed by atoms with van der Waals surface area (Å²) in [6.45, 7) is 0.